The molecule has 0 bridgehead atoms. The van der Waals surface area contributed by atoms with Crippen molar-refractivity contribution in [3.8, 4) is 17.0 Å². The fourth-order valence-electron chi connectivity index (χ4n) is 3.56. The Labute approximate surface area is 172 Å². The zero-order valence-corrected chi connectivity index (χ0v) is 18.0. The lowest BCUT2D eigenvalue weighted by Gasteiger charge is -2.13. The largest absolute Gasteiger partial charge is 0.493 e. The van der Waals surface area contributed by atoms with Crippen LogP contribution in [0.2, 0.25) is 0 Å². The monoisotopic (exact) mass is 382 g/mol. The molecule has 0 saturated heterocycles. The molecule has 0 radical (unpaired) electrons. The summed E-state index contributed by atoms with van der Waals surface area (Å²) in [6.07, 6.45) is 18.7. The highest BCUT2D eigenvalue weighted by Gasteiger charge is 2.12. The summed E-state index contributed by atoms with van der Waals surface area (Å²) < 4.78 is 6.15. The third kappa shape index (κ3) is 8.00. The van der Waals surface area contributed by atoms with Gasteiger partial charge in [-0.15, -0.1) is 0 Å². The lowest BCUT2D eigenvalue weighted by Crippen LogP contribution is -2.01. The van der Waals surface area contributed by atoms with Crippen LogP contribution in [0.5, 0.6) is 5.75 Å². The van der Waals surface area contributed by atoms with E-state index in [9.17, 15) is 0 Å². The molecule has 3 nitrogen and oxygen atoms in total. The molecule has 0 aliphatic heterocycles. The highest BCUT2D eigenvalue weighted by atomic mass is 16.5. The number of rotatable bonds is 15. The summed E-state index contributed by atoms with van der Waals surface area (Å²) in [5, 5.41) is 0. The van der Waals surface area contributed by atoms with Crippen LogP contribution in [0.1, 0.15) is 90.0 Å². The number of unbranched alkanes of at least 4 members (excludes halogenated alkanes) is 9. The summed E-state index contributed by atoms with van der Waals surface area (Å²) in [5.74, 6) is 0.946. The van der Waals surface area contributed by atoms with Crippen LogP contribution >= 0.6 is 0 Å². The maximum Gasteiger partial charge on any atom is 0.128 e. The smallest absolute Gasteiger partial charge is 0.128 e. The first-order valence-corrected chi connectivity index (χ1v) is 11.4. The van der Waals surface area contributed by atoms with Gasteiger partial charge in [0.2, 0.25) is 0 Å². The Bertz CT molecular complexity index is 657. The van der Waals surface area contributed by atoms with Crippen LogP contribution in [0.15, 0.2) is 36.8 Å². The van der Waals surface area contributed by atoms with Crippen molar-refractivity contribution in [3.05, 3.63) is 42.4 Å². The maximum absolute atomic E-state index is 6.15. The molecule has 0 atom stereocenters. The molecule has 0 unspecified atom stereocenters. The molecule has 0 saturated carbocycles. The highest BCUT2D eigenvalue weighted by Crippen LogP contribution is 2.31. The molecule has 0 fully saturated rings. The van der Waals surface area contributed by atoms with Crippen molar-refractivity contribution in [1.82, 2.24) is 9.97 Å². The Balaban J connectivity index is 1.94. The predicted octanol–water partition coefficient (Wildman–Crippen LogP) is 7.40. The van der Waals surface area contributed by atoms with Crippen LogP contribution in [0.4, 0.5) is 0 Å². The fourth-order valence-corrected chi connectivity index (χ4v) is 3.56. The summed E-state index contributed by atoms with van der Waals surface area (Å²) >= 11 is 0. The van der Waals surface area contributed by atoms with Gasteiger partial charge in [-0.25, -0.2) is 9.97 Å². The Hall–Kier alpha value is -1.90. The molecule has 2 rings (SSSR count). The summed E-state index contributed by atoms with van der Waals surface area (Å²) in [7, 11) is 0. The molecule has 1 heterocycles. The van der Waals surface area contributed by atoms with Crippen molar-refractivity contribution in [2.24, 2.45) is 0 Å². The summed E-state index contributed by atoms with van der Waals surface area (Å²) in [6.45, 7) is 5.29. The number of para-hydroxylation sites is 1. The quantitative estimate of drug-likeness (QED) is 0.301. The SMILES string of the molecule is CCCCCCCCOc1ccccc1-c1ncncc1CCCCCCC. The third-order valence-electron chi connectivity index (χ3n) is 5.24. The van der Waals surface area contributed by atoms with Crippen LogP contribution in [0.25, 0.3) is 11.3 Å². The number of aromatic nitrogens is 2. The number of ether oxygens (including phenoxy) is 1. The Morgan fingerprint density at radius 1 is 0.786 bits per heavy atom. The lowest BCUT2D eigenvalue weighted by atomic mass is 10.0. The highest BCUT2D eigenvalue weighted by molar-refractivity contribution is 5.69. The molecule has 3 heteroatoms. The number of aryl methyl sites for hydroxylation is 1. The van der Waals surface area contributed by atoms with E-state index in [0.29, 0.717) is 0 Å². The van der Waals surface area contributed by atoms with Crippen LogP contribution in [0.3, 0.4) is 0 Å². The number of hydrogen-bond donors (Lipinski definition) is 0. The molecule has 1 aromatic heterocycles. The van der Waals surface area contributed by atoms with Crippen LogP contribution in [-0.2, 0) is 6.42 Å². The van der Waals surface area contributed by atoms with Crippen molar-refractivity contribution in [3.63, 3.8) is 0 Å². The van der Waals surface area contributed by atoms with E-state index in [-0.39, 0.29) is 0 Å². The molecule has 1 aromatic carbocycles. The van der Waals surface area contributed by atoms with Gasteiger partial charge >= 0.3 is 0 Å². The van der Waals surface area contributed by atoms with E-state index in [1.165, 1.54) is 69.8 Å². The first-order chi connectivity index (χ1) is 13.9. The first-order valence-electron chi connectivity index (χ1n) is 11.4. The number of hydrogen-bond acceptors (Lipinski definition) is 3. The second-order valence-electron chi connectivity index (χ2n) is 7.67. The minimum atomic E-state index is 0.778. The number of nitrogens with zero attached hydrogens (tertiary/aromatic N) is 2. The average molecular weight is 383 g/mol. The van der Waals surface area contributed by atoms with E-state index in [2.05, 4.69) is 42.0 Å². The maximum atomic E-state index is 6.15. The number of benzene rings is 1. The zero-order valence-electron chi connectivity index (χ0n) is 18.0. The van der Waals surface area contributed by atoms with Gasteiger partial charge in [0.05, 0.1) is 12.3 Å². The van der Waals surface area contributed by atoms with Crippen LogP contribution < -0.4 is 4.74 Å². The summed E-state index contributed by atoms with van der Waals surface area (Å²) in [6, 6.07) is 8.31. The van der Waals surface area contributed by atoms with Gasteiger partial charge in [0.25, 0.3) is 0 Å². The van der Waals surface area contributed by atoms with Gasteiger partial charge in [-0.05, 0) is 37.0 Å². The van der Waals surface area contributed by atoms with Gasteiger partial charge < -0.3 is 4.74 Å². The van der Waals surface area contributed by atoms with Gasteiger partial charge in [-0.3, -0.25) is 0 Å². The van der Waals surface area contributed by atoms with E-state index < -0.39 is 0 Å². The van der Waals surface area contributed by atoms with Crippen molar-refractivity contribution >= 4 is 0 Å². The second kappa shape index (κ2) is 14.1. The molecular formula is C25H38N2O. The topological polar surface area (TPSA) is 35.0 Å². The molecule has 0 spiro atoms. The Morgan fingerprint density at radius 3 is 2.25 bits per heavy atom. The second-order valence-corrected chi connectivity index (χ2v) is 7.67. The normalized spacial score (nSPS) is 10.9. The molecule has 28 heavy (non-hydrogen) atoms. The standard InChI is InChI=1S/C25H38N2O/c1-3-5-7-9-11-15-19-28-24-18-14-13-17-23(24)25-22(20-26-21-27-25)16-12-10-8-6-4-2/h13-14,17-18,20-21H,3-12,15-16,19H2,1-2H3. The molecule has 0 N–H and O–H groups in total. The molecule has 0 aliphatic carbocycles. The van der Waals surface area contributed by atoms with Gasteiger partial charge in [0.15, 0.2) is 0 Å². The van der Waals surface area contributed by atoms with Gasteiger partial charge in [0.1, 0.15) is 12.1 Å². The van der Waals surface area contributed by atoms with Crippen LogP contribution in [-0.4, -0.2) is 16.6 Å². The van der Waals surface area contributed by atoms with Crippen molar-refractivity contribution in [2.45, 2.75) is 90.9 Å². The molecule has 2 aromatic rings. The van der Waals surface area contributed by atoms with E-state index in [1.54, 1.807) is 6.33 Å². The van der Waals surface area contributed by atoms with Crippen LogP contribution in [0, 0.1) is 0 Å². The Kier molecular flexibility index (Phi) is 11.3. The average Bonchev–Trinajstić information content (AvgIpc) is 2.74. The predicted molar refractivity (Wildman–Crippen MR) is 119 cm³/mol. The van der Waals surface area contributed by atoms with Gasteiger partial charge in [0, 0.05) is 11.8 Å². The Morgan fingerprint density at radius 2 is 1.46 bits per heavy atom. The molecule has 0 amide bonds. The summed E-state index contributed by atoms with van der Waals surface area (Å²) in [4.78, 5) is 8.89. The van der Waals surface area contributed by atoms with E-state index in [0.717, 1.165) is 36.5 Å². The minimum Gasteiger partial charge on any atom is -0.493 e. The summed E-state index contributed by atoms with van der Waals surface area (Å²) in [5.41, 5.74) is 3.36. The van der Waals surface area contributed by atoms with E-state index >= 15 is 0 Å². The van der Waals surface area contributed by atoms with Crippen molar-refractivity contribution in [2.75, 3.05) is 6.61 Å². The van der Waals surface area contributed by atoms with E-state index in [1.807, 2.05) is 12.3 Å². The molecule has 0 aliphatic rings. The van der Waals surface area contributed by atoms with Crippen molar-refractivity contribution < 1.29 is 4.74 Å². The fraction of sp³-hybridized carbons (Fsp3) is 0.600. The minimum absolute atomic E-state index is 0.778. The van der Waals surface area contributed by atoms with Crippen molar-refractivity contribution in [1.29, 1.82) is 0 Å². The molecule has 154 valence electrons. The third-order valence-corrected chi connectivity index (χ3v) is 5.24. The van der Waals surface area contributed by atoms with Gasteiger partial charge in [-0.1, -0.05) is 83.8 Å². The zero-order chi connectivity index (χ0) is 19.9. The van der Waals surface area contributed by atoms with Gasteiger partial charge in [-0.2, -0.15) is 0 Å². The molecular weight excluding hydrogens is 344 g/mol. The first kappa shape index (κ1) is 22.4. The lowest BCUT2D eigenvalue weighted by molar-refractivity contribution is 0.305. The van der Waals surface area contributed by atoms with E-state index in [4.69, 9.17) is 4.74 Å².